The number of likely N-dealkylation sites (N-methyl/N-ethyl adjacent to an activating group) is 1. The number of para-hydroxylation sites is 1. The van der Waals surface area contributed by atoms with E-state index < -0.39 is 0 Å². The Morgan fingerprint density at radius 1 is 1.07 bits per heavy atom. The molecule has 0 saturated heterocycles. The molecule has 0 radical (unpaired) electrons. The van der Waals surface area contributed by atoms with Crippen LogP contribution in [0, 0.1) is 0 Å². The van der Waals surface area contributed by atoms with Crippen molar-refractivity contribution in [1.82, 2.24) is 5.32 Å². The zero-order valence-electron chi connectivity index (χ0n) is 17.7. The second-order valence-corrected chi connectivity index (χ2v) is 8.10. The van der Waals surface area contributed by atoms with Crippen LogP contribution in [0.2, 0.25) is 0 Å². The van der Waals surface area contributed by atoms with Gasteiger partial charge in [-0.15, -0.1) is 11.8 Å². The fourth-order valence-electron chi connectivity index (χ4n) is 3.17. The lowest BCUT2D eigenvalue weighted by Gasteiger charge is -2.24. The van der Waals surface area contributed by atoms with E-state index in [4.69, 9.17) is 0 Å². The van der Waals surface area contributed by atoms with Crippen LogP contribution in [0.25, 0.3) is 0 Å². The predicted octanol–water partition coefficient (Wildman–Crippen LogP) is 2.91. The maximum atomic E-state index is 12.8. The number of carbonyl (C=O) groups excluding carboxylic acids is 2. The number of thioether (sulfide) groups is 1. The number of nitrogens with one attached hydrogen (secondary N) is 3. The van der Waals surface area contributed by atoms with E-state index in [2.05, 4.69) is 17.6 Å². The largest absolute Gasteiger partial charge is 0.344 e. The monoisotopic (exact) mass is 414 g/mol. The molecule has 3 N–H and O–H groups in total. The SMILES string of the molecule is CCC[C@@H](NC(=O)[C@@H](C)[NH+](C)CC(=O)Nc1ccccc1SC)c1ccccc1. The fourth-order valence-corrected chi connectivity index (χ4v) is 3.72. The van der Waals surface area contributed by atoms with E-state index in [0.29, 0.717) is 0 Å². The highest BCUT2D eigenvalue weighted by molar-refractivity contribution is 7.98. The summed E-state index contributed by atoms with van der Waals surface area (Å²) in [7, 11) is 1.88. The van der Waals surface area contributed by atoms with Crippen LogP contribution in [0.15, 0.2) is 59.5 Å². The lowest BCUT2D eigenvalue weighted by Crippen LogP contribution is -3.15. The van der Waals surface area contributed by atoms with Crippen molar-refractivity contribution < 1.29 is 14.5 Å². The molecule has 0 aliphatic carbocycles. The Morgan fingerprint density at radius 3 is 2.38 bits per heavy atom. The molecule has 0 spiro atoms. The molecule has 2 rings (SSSR count). The normalized spacial score (nSPS) is 13.9. The Kier molecular flexibility index (Phi) is 9.22. The van der Waals surface area contributed by atoms with Gasteiger partial charge in [-0.2, -0.15) is 0 Å². The first-order valence-electron chi connectivity index (χ1n) is 10.1. The molecule has 0 aromatic heterocycles. The van der Waals surface area contributed by atoms with Crippen LogP contribution in [0.4, 0.5) is 5.69 Å². The number of quaternary nitrogens is 1. The molecule has 6 heteroatoms. The van der Waals surface area contributed by atoms with Crippen molar-refractivity contribution in [3.05, 3.63) is 60.2 Å². The summed E-state index contributed by atoms with van der Waals surface area (Å²) in [5.74, 6) is -0.140. The minimum atomic E-state index is -0.334. The number of anilines is 1. The first-order chi connectivity index (χ1) is 14.0. The average Bonchev–Trinajstić information content (AvgIpc) is 2.73. The Labute approximate surface area is 178 Å². The predicted molar refractivity (Wildman–Crippen MR) is 120 cm³/mol. The fraction of sp³-hybridized carbons (Fsp3) is 0.391. The summed E-state index contributed by atoms with van der Waals surface area (Å²) < 4.78 is 0. The zero-order chi connectivity index (χ0) is 21.2. The summed E-state index contributed by atoms with van der Waals surface area (Å²) in [6.07, 6.45) is 3.84. The molecule has 0 heterocycles. The quantitative estimate of drug-likeness (QED) is 0.524. The molecule has 2 aromatic carbocycles. The van der Waals surface area contributed by atoms with Gasteiger partial charge in [0, 0.05) is 4.90 Å². The van der Waals surface area contributed by atoms with Crippen LogP contribution in [-0.2, 0) is 9.59 Å². The third-order valence-corrected chi connectivity index (χ3v) is 5.84. The number of hydrogen-bond acceptors (Lipinski definition) is 3. The molecule has 0 bridgehead atoms. The lowest BCUT2D eigenvalue weighted by molar-refractivity contribution is -0.885. The first kappa shape index (κ1) is 23.0. The van der Waals surface area contributed by atoms with E-state index in [9.17, 15) is 9.59 Å². The first-order valence-corrected chi connectivity index (χ1v) is 11.3. The molecule has 0 fully saturated rings. The van der Waals surface area contributed by atoms with Crippen molar-refractivity contribution in [2.45, 2.75) is 43.7 Å². The van der Waals surface area contributed by atoms with Gasteiger partial charge in [0.25, 0.3) is 11.8 Å². The van der Waals surface area contributed by atoms with Gasteiger partial charge in [-0.05, 0) is 37.3 Å². The summed E-state index contributed by atoms with van der Waals surface area (Å²) >= 11 is 1.59. The zero-order valence-corrected chi connectivity index (χ0v) is 18.5. The van der Waals surface area contributed by atoms with E-state index in [0.717, 1.165) is 33.9 Å². The van der Waals surface area contributed by atoms with Crippen LogP contribution < -0.4 is 15.5 Å². The molecule has 2 amide bonds. The van der Waals surface area contributed by atoms with Gasteiger partial charge in [0.05, 0.1) is 18.8 Å². The van der Waals surface area contributed by atoms with Gasteiger partial charge in [-0.25, -0.2) is 0 Å². The maximum Gasteiger partial charge on any atom is 0.279 e. The second kappa shape index (κ2) is 11.6. The van der Waals surface area contributed by atoms with Gasteiger partial charge >= 0.3 is 0 Å². The van der Waals surface area contributed by atoms with Gasteiger partial charge in [0.15, 0.2) is 12.6 Å². The topological polar surface area (TPSA) is 62.6 Å². The number of carbonyl (C=O) groups is 2. The molecule has 29 heavy (non-hydrogen) atoms. The second-order valence-electron chi connectivity index (χ2n) is 7.25. The Bertz CT molecular complexity index is 798. The number of rotatable bonds is 10. The van der Waals surface area contributed by atoms with Crippen molar-refractivity contribution in [2.24, 2.45) is 0 Å². The summed E-state index contributed by atoms with van der Waals surface area (Å²) in [6.45, 7) is 4.20. The van der Waals surface area contributed by atoms with Crippen molar-refractivity contribution >= 4 is 29.3 Å². The van der Waals surface area contributed by atoms with Gasteiger partial charge in [-0.1, -0.05) is 55.8 Å². The molecule has 0 saturated carbocycles. The van der Waals surface area contributed by atoms with Gasteiger partial charge in [0.1, 0.15) is 0 Å². The van der Waals surface area contributed by atoms with Gasteiger partial charge in [-0.3, -0.25) is 9.59 Å². The van der Waals surface area contributed by atoms with Gasteiger partial charge in [0.2, 0.25) is 0 Å². The molecule has 5 nitrogen and oxygen atoms in total. The van der Waals surface area contributed by atoms with Gasteiger partial charge < -0.3 is 15.5 Å². The number of benzene rings is 2. The summed E-state index contributed by atoms with van der Waals surface area (Å²) in [5, 5.41) is 6.12. The van der Waals surface area contributed by atoms with Crippen LogP contribution in [0.3, 0.4) is 0 Å². The minimum absolute atomic E-state index is 0.00812. The highest BCUT2D eigenvalue weighted by Gasteiger charge is 2.26. The van der Waals surface area contributed by atoms with E-state index >= 15 is 0 Å². The maximum absolute atomic E-state index is 12.8. The van der Waals surface area contributed by atoms with Crippen LogP contribution in [0.5, 0.6) is 0 Å². The van der Waals surface area contributed by atoms with E-state index in [1.54, 1.807) is 11.8 Å². The molecule has 0 aliphatic rings. The summed E-state index contributed by atoms with van der Waals surface area (Å²) in [6, 6.07) is 17.4. The Balaban J connectivity index is 1.94. The van der Waals surface area contributed by atoms with Crippen molar-refractivity contribution in [3.8, 4) is 0 Å². The molecular weight excluding hydrogens is 382 g/mol. The minimum Gasteiger partial charge on any atom is -0.344 e. The standard InChI is InChI=1S/C23H31N3O2S/c1-5-11-19(18-12-7-6-8-13-18)25-23(28)17(2)26(3)16-22(27)24-20-14-9-10-15-21(20)29-4/h6-10,12-15,17,19H,5,11,16H2,1-4H3,(H,24,27)(H,25,28)/p+1/t17-,19-/m1/s1. The van der Waals surface area contributed by atoms with Crippen molar-refractivity contribution in [1.29, 1.82) is 0 Å². The molecule has 1 unspecified atom stereocenters. The highest BCUT2D eigenvalue weighted by Crippen LogP contribution is 2.24. The van der Waals surface area contributed by atoms with Crippen LogP contribution >= 0.6 is 11.8 Å². The van der Waals surface area contributed by atoms with E-state index in [-0.39, 0.29) is 30.4 Å². The summed E-state index contributed by atoms with van der Waals surface area (Å²) in [5.41, 5.74) is 1.92. The van der Waals surface area contributed by atoms with Crippen LogP contribution in [0.1, 0.15) is 38.3 Å². The average molecular weight is 415 g/mol. The third-order valence-electron chi connectivity index (χ3n) is 5.05. The number of hydrogen-bond donors (Lipinski definition) is 3. The number of amides is 2. The molecular formula is C23H32N3O2S+. The lowest BCUT2D eigenvalue weighted by atomic mass is 10.0. The molecule has 2 aromatic rings. The van der Waals surface area contributed by atoms with Crippen molar-refractivity contribution in [3.63, 3.8) is 0 Å². The highest BCUT2D eigenvalue weighted by atomic mass is 32.2. The molecule has 0 aliphatic heterocycles. The Morgan fingerprint density at radius 2 is 1.72 bits per heavy atom. The van der Waals surface area contributed by atoms with E-state index in [1.807, 2.05) is 74.8 Å². The third kappa shape index (κ3) is 6.91. The van der Waals surface area contributed by atoms with Crippen LogP contribution in [-0.4, -0.2) is 37.7 Å². The van der Waals surface area contributed by atoms with E-state index in [1.165, 1.54) is 0 Å². The molecule has 3 atom stereocenters. The Hall–Kier alpha value is -2.31. The molecule has 156 valence electrons. The smallest absolute Gasteiger partial charge is 0.279 e. The van der Waals surface area contributed by atoms with Crippen molar-refractivity contribution in [2.75, 3.05) is 25.2 Å². The summed E-state index contributed by atoms with van der Waals surface area (Å²) in [4.78, 5) is 27.2.